The first-order valence-corrected chi connectivity index (χ1v) is 12.5. The van der Waals surface area contributed by atoms with Gasteiger partial charge in [0, 0.05) is 0 Å². The van der Waals surface area contributed by atoms with Gasteiger partial charge in [0.05, 0.1) is 19.0 Å². The predicted molar refractivity (Wildman–Crippen MR) is 116 cm³/mol. The number of nitrogens with one attached hydrogen (secondary N) is 2. The predicted octanol–water partition coefficient (Wildman–Crippen LogP) is -1.87. The number of hydrogen-bond acceptors (Lipinski definition) is 11. The van der Waals surface area contributed by atoms with Gasteiger partial charge in [0.2, 0.25) is 12.3 Å². The quantitative estimate of drug-likeness (QED) is 0.146. The van der Waals surface area contributed by atoms with Crippen LogP contribution in [0.3, 0.4) is 0 Å². The number of nitrogens with zero attached hydrogens (tertiary/aromatic N) is 4. The Bertz CT molecular complexity index is 1040. The number of carbonyl (C=O) groups excluding carboxylic acids is 2. The number of hydrogen-bond donors (Lipinski definition) is 6. The van der Waals surface area contributed by atoms with Crippen LogP contribution in [0, 0.1) is 0 Å². The summed E-state index contributed by atoms with van der Waals surface area (Å²) in [6.07, 6.45) is 1.37. The molecule has 182 valence electrons. The Balaban J connectivity index is 1.86. The molecule has 1 saturated heterocycles. The monoisotopic (exact) mass is 505 g/mol. The smallest absolute Gasteiger partial charge is 0.386 e. The zero-order valence-electron chi connectivity index (χ0n) is 17.3. The van der Waals surface area contributed by atoms with Crippen molar-refractivity contribution in [1.29, 1.82) is 0 Å². The molecule has 2 aromatic rings. The fraction of sp³-hybridized carbons (Fsp3) is 0.562. The number of phosphoric acid groups is 1. The van der Waals surface area contributed by atoms with E-state index < -0.39 is 50.9 Å². The van der Waals surface area contributed by atoms with Crippen molar-refractivity contribution in [3.63, 3.8) is 0 Å². The minimum atomic E-state index is -4.86. The summed E-state index contributed by atoms with van der Waals surface area (Å²) in [6, 6.07) is -2.03. The van der Waals surface area contributed by atoms with E-state index >= 15 is 0 Å². The molecule has 1 aliphatic rings. The molecule has 0 aromatic carbocycles. The zero-order chi connectivity index (χ0) is 24.2. The van der Waals surface area contributed by atoms with Crippen molar-refractivity contribution in [2.24, 2.45) is 0 Å². The number of amides is 2. The maximum absolute atomic E-state index is 12.8. The number of ether oxygens (including phenoxy) is 1. The molecule has 3 heterocycles. The van der Waals surface area contributed by atoms with Crippen molar-refractivity contribution in [3.05, 3.63) is 12.7 Å². The SMILES string of the molecule is CSCC[C@H](NC=O)C(=O)N[C@H]1[C@@H](O)[C@H](n2cnc3c(N)ncnc32)O[C@@H]1COP(=O)(O)O. The maximum atomic E-state index is 12.8. The lowest BCUT2D eigenvalue weighted by Crippen LogP contribution is -2.54. The Kier molecular flexibility index (Phi) is 8.23. The second-order valence-electron chi connectivity index (χ2n) is 7.08. The first-order valence-electron chi connectivity index (χ1n) is 9.62. The molecule has 0 saturated carbocycles. The van der Waals surface area contributed by atoms with Crippen LogP contribution in [0.5, 0.6) is 0 Å². The third kappa shape index (κ3) is 5.97. The van der Waals surface area contributed by atoms with E-state index in [1.54, 1.807) is 0 Å². The highest BCUT2D eigenvalue weighted by Crippen LogP contribution is 2.39. The van der Waals surface area contributed by atoms with E-state index in [4.69, 9.17) is 20.3 Å². The number of aliphatic hydroxyl groups is 1. The Morgan fingerprint density at radius 1 is 1.45 bits per heavy atom. The van der Waals surface area contributed by atoms with Crippen molar-refractivity contribution >= 4 is 48.9 Å². The van der Waals surface area contributed by atoms with Crippen LogP contribution in [-0.4, -0.2) is 89.6 Å². The highest BCUT2D eigenvalue weighted by atomic mass is 32.2. The molecule has 0 spiro atoms. The summed E-state index contributed by atoms with van der Waals surface area (Å²) in [4.78, 5) is 53.9. The minimum absolute atomic E-state index is 0.106. The molecule has 5 atom stereocenters. The highest BCUT2D eigenvalue weighted by molar-refractivity contribution is 7.98. The number of phosphoric ester groups is 1. The summed E-state index contributed by atoms with van der Waals surface area (Å²) in [7, 11) is -4.86. The molecule has 0 bridgehead atoms. The number of imidazole rings is 1. The Hall–Kier alpha value is -2.33. The number of nitrogens with two attached hydrogens (primary N) is 1. The third-order valence-corrected chi connectivity index (χ3v) is 6.08. The van der Waals surface area contributed by atoms with Crippen LogP contribution in [0.2, 0.25) is 0 Å². The van der Waals surface area contributed by atoms with Gasteiger partial charge in [0.15, 0.2) is 17.7 Å². The topological polar surface area (TPSA) is 224 Å². The summed E-state index contributed by atoms with van der Waals surface area (Å²) in [5.41, 5.74) is 6.29. The number of carbonyl (C=O) groups is 2. The van der Waals surface area contributed by atoms with E-state index in [1.807, 2.05) is 6.26 Å². The van der Waals surface area contributed by atoms with Crippen LogP contribution in [0.4, 0.5) is 5.82 Å². The Morgan fingerprint density at radius 3 is 2.88 bits per heavy atom. The van der Waals surface area contributed by atoms with Crippen molar-refractivity contribution in [3.8, 4) is 0 Å². The number of aliphatic hydroxyl groups excluding tert-OH is 1. The van der Waals surface area contributed by atoms with E-state index in [1.165, 1.54) is 29.0 Å². The number of fused-ring (bicyclic) bond motifs is 1. The summed E-state index contributed by atoms with van der Waals surface area (Å²) >= 11 is 1.48. The molecule has 33 heavy (non-hydrogen) atoms. The molecule has 2 aromatic heterocycles. The van der Waals surface area contributed by atoms with Gasteiger partial charge in [-0.1, -0.05) is 0 Å². The lowest BCUT2D eigenvalue weighted by atomic mass is 10.1. The standard InChI is InChI=1S/C16H24N7O8PS/c1-33-3-2-8(21-7-24)15(26)22-10-9(4-30-32(27,28)29)31-16(12(10)25)23-6-20-11-13(17)18-5-19-14(11)23/h5-10,12,16,25H,2-4H2,1H3,(H,21,24)(H,22,26)(H2,17,18,19)(H2,27,28,29)/t8-,9+,10+,12+,16+/m0/s1. The number of rotatable bonds is 11. The Labute approximate surface area is 191 Å². The number of nitrogen functional groups attached to an aromatic ring is 1. The molecule has 3 rings (SSSR count). The fourth-order valence-corrected chi connectivity index (χ4v) is 4.21. The minimum Gasteiger partial charge on any atom is -0.386 e. The van der Waals surface area contributed by atoms with Crippen LogP contribution in [0.25, 0.3) is 11.2 Å². The highest BCUT2D eigenvalue weighted by Gasteiger charge is 2.47. The van der Waals surface area contributed by atoms with Crippen LogP contribution in [-0.2, 0) is 23.4 Å². The number of anilines is 1. The second-order valence-corrected chi connectivity index (χ2v) is 9.30. The molecule has 7 N–H and O–H groups in total. The lowest BCUT2D eigenvalue weighted by molar-refractivity contribution is -0.127. The second kappa shape index (κ2) is 10.7. The zero-order valence-corrected chi connectivity index (χ0v) is 19.1. The molecular weight excluding hydrogens is 481 g/mol. The van der Waals surface area contributed by atoms with Crippen molar-refractivity contribution in [2.45, 2.75) is 36.9 Å². The first-order chi connectivity index (χ1) is 15.7. The van der Waals surface area contributed by atoms with Crippen molar-refractivity contribution in [2.75, 3.05) is 24.3 Å². The summed E-state index contributed by atoms with van der Waals surface area (Å²) in [5.74, 6) is 0.0831. The molecule has 0 unspecified atom stereocenters. The molecule has 1 fully saturated rings. The van der Waals surface area contributed by atoms with Gasteiger partial charge in [-0.3, -0.25) is 18.7 Å². The van der Waals surface area contributed by atoms with Gasteiger partial charge in [-0.05, 0) is 18.4 Å². The average molecular weight is 505 g/mol. The average Bonchev–Trinajstić information content (AvgIpc) is 3.31. The summed E-state index contributed by atoms with van der Waals surface area (Å²) in [6.45, 7) is -0.636. The fourth-order valence-electron chi connectivity index (χ4n) is 3.39. The molecule has 0 aliphatic carbocycles. The van der Waals surface area contributed by atoms with E-state index in [-0.39, 0.29) is 17.0 Å². The summed E-state index contributed by atoms with van der Waals surface area (Å²) < 4.78 is 22.9. The van der Waals surface area contributed by atoms with Crippen LogP contribution < -0.4 is 16.4 Å². The molecule has 1 aliphatic heterocycles. The van der Waals surface area contributed by atoms with Crippen LogP contribution in [0.1, 0.15) is 12.6 Å². The van der Waals surface area contributed by atoms with Gasteiger partial charge in [-0.15, -0.1) is 0 Å². The van der Waals surface area contributed by atoms with E-state index in [2.05, 4.69) is 30.1 Å². The van der Waals surface area contributed by atoms with E-state index in [0.29, 0.717) is 18.6 Å². The van der Waals surface area contributed by atoms with Crippen molar-refractivity contribution < 1.29 is 38.3 Å². The third-order valence-electron chi connectivity index (χ3n) is 4.95. The normalized spacial score (nSPS) is 24.0. The van der Waals surface area contributed by atoms with Gasteiger partial charge >= 0.3 is 7.82 Å². The van der Waals surface area contributed by atoms with Gasteiger partial charge in [0.25, 0.3) is 0 Å². The van der Waals surface area contributed by atoms with E-state index in [0.717, 1.165) is 0 Å². The van der Waals surface area contributed by atoms with E-state index in [9.17, 15) is 19.3 Å². The van der Waals surface area contributed by atoms with Crippen LogP contribution in [0.15, 0.2) is 12.7 Å². The lowest BCUT2D eigenvalue weighted by Gasteiger charge is -2.24. The largest absolute Gasteiger partial charge is 0.469 e. The molecule has 17 heteroatoms. The number of aromatic nitrogens is 4. The van der Waals surface area contributed by atoms with Gasteiger partial charge in [-0.2, -0.15) is 11.8 Å². The van der Waals surface area contributed by atoms with Gasteiger partial charge in [-0.25, -0.2) is 19.5 Å². The van der Waals surface area contributed by atoms with Gasteiger partial charge in [0.1, 0.15) is 30.1 Å². The molecule has 15 nitrogen and oxygen atoms in total. The molecule has 0 radical (unpaired) electrons. The van der Waals surface area contributed by atoms with Gasteiger partial charge < -0.3 is 36.0 Å². The first kappa shape index (κ1) is 25.3. The Morgan fingerprint density at radius 2 is 2.21 bits per heavy atom. The summed E-state index contributed by atoms with van der Waals surface area (Å²) in [5, 5.41) is 16.0. The number of thioether (sulfide) groups is 1. The van der Waals surface area contributed by atoms with Crippen molar-refractivity contribution in [1.82, 2.24) is 30.2 Å². The van der Waals surface area contributed by atoms with Crippen LogP contribution >= 0.6 is 19.6 Å². The molecule has 2 amide bonds. The molecular formula is C16H24N7O8PS. The maximum Gasteiger partial charge on any atom is 0.469 e.